The summed E-state index contributed by atoms with van der Waals surface area (Å²) in [5.41, 5.74) is 0.867. The Hall–Kier alpha value is -1.62. The predicted octanol–water partition coefficient (Wildman–Crippen LogP) is 2.42. The topological polar surface area (TPSA) is 54.3 Å². The van der Waals surface area contributed by atoms with Crippen molar-refractivity contribution in [3.05, 3.63) is 33.7 Å². The molecule has 134 valence electrons. The Kier molecular flexibility index (Phi) is 6.60. The molecule has 1 aromatic rings. The van der Waals surface area contributed by atoms with Crippen LogP contribution in [0.15, 0.2) is 17.1 Å². The van der Waals surface area contributed by atoms with Gasteiger partial charge in [-0.2, -0.15) is 0 Å². The molecule has 1 amide bonds. The van der Waals surface area contributed by atoms with Crippen molar-refractivity contribution in [1.29, 1.82) is 0 Å². The van der Waals surface area contributed by atoms with Crippen LogP contribution in [0.5, 0.6) is 0 Å². The highest BCUT2D eigenvalue weighted by Gasteiger charge is 2.24. The SMILES string of the molecule is CCN1CCC[C@H]1CNC(=O)c1c(C)ccn(CCC(C)C)c1=O. The van der Waals surface area contributed by atoms with E-state index in [2.05, 4.69) is 31.0 Å². The van der Waals surface area contributed by atoms with Crippen LogP contribution in [0.1, 0.15) is 56.0 Å². The molecule has 0 saturated carbocycles. The van der Waals surface area contributed by atoms with Gasteiger partial charge in [-0.15, -0.1) is 0 Å². The lowest BCUT2D eigenvalue weighted by Gasteiger charge is -2.23. The van der Waals surface area contributed by atoms with Crippen molar-refractivity contribution < 1.29 is 4.79 Å². The standard InChI is InChI=1S/C19H31N3O2/c1-5-21-10-6-7-16(21)13-20-18(23)17-15(4)9-12-22(19(17)24)11-8-14(2)3/h9,12,14,16H,5-8,10-11,13H2,1-4H3,(H,20,23)/t16-/m0/s1. The van der Waals surface area contributed by atoms with Crippen LogP contribution in [0.4, 0.5) is 0 Å². The molecule has 5 heteroatoms. The van der Waals surface area contributed by atoms with Crippen molar-refractivity contribution in [3.8, 4) is 0 Å². The Morgan fingerprint density at radius 2 is 2.17 bits per heavy atom. The van der Waals surface area contributed by atoms with Crippen LogP contribution in [-0.2, 0) is 6.54 Å². The summed E-state index contributed by atoms with van der Waals surface area (Å²) in [5.74, 6) is 0.289. The van der Waals surface area contributed by atoms with E-state index in [4.69, 9.17) is 0 Å². The number of carbonyl (C=O) groups excluding carboxylic acids is 1. The van der Waals surface area contributed by atoms with Crippen molar-refractivity contribution in [2.24, 2.45) is 5.92 Å². The first-order valence-electron chi connectivity index (χ1n) is 9.16. The molecule has 1 aromatic heterocycles. The van der Waals surface area contributed by atoms with Gasteiger partial charge >= 0.3 is 0 Å². The van der Waals surface area contributed by atoms with Gasteiger partial charge in [-0.1, -0.05) is 20.8 Å². The van der Waals surface area contributed by atoms with Crippen molar-refractivity contribution in [2.45, 2.75) is 59.5 Å². The van der Waals surface area contributed by atoms with E-state index in [9.17, 15) is 9.59 Å². The van der Waals surface area contributed by atoms with E-state index in [0.29, 0.717) is 30.6 Å². The molecule has 1 atom stereocenters. The summed E-state index contributed by atoms with van der Waals surface area (Å²) in [4.78, 5) is 27.6. The first-order valence-corrected chi connectivity index (χ1v) is 9.16. The van der Waals surface area contributed by atoms with E-state index in [1.807, 2.05) is 13.0 Å². The van der Waals surface area contributed by atoms with Crippen molar-refractivity contribution >= 4 is 5.91 Å². The second-order valence-corrected chi connectivity index (χ2v) is 7.19. The lowest BCUT2D eigenvalue weighted by molar-refractivity contribution is 0.0938. The van der Waals surface area contributed by atoms with Crippen LogP contribution in [0.25, 0.3) is 0 Å². The first kappa shape index (κ1) is 18.7. The van der Waals surface area contributed by atoms with Gasteiger partial charge in [-0.3, -0.25) is 14.5 Å². The zero-order valence-electron chi connectivity index (χ0n) is 15.5. The van der Waals surface area contributed by atoms with E-state index in [1.165, 1.54) is 6.42 Å². The molecule has 1 saturated heterocycles. The molecule has 0 spiro atoms. The number of aryl methyl sites for hydroxylation is 2. The summed E-state index contributed by atoms with van der Waals surface area (Å²) in [6, 6.07) is 2.26. The lowest BCUT2D eigenvalue weighted by Crippen LogP contribution is -2.42. The molecule has 2 heterocycles. The maximum atomic E-state index is 12.7. The van der Waals surface area contributed by atoms with Crippen LogP contribution < -0.4 is 10.9 Å². The first-order chi connectivity index (χ1) is 11.4. The summed E-state index contributed by atoms with van der Waals surface area (Å²) >= 11 is 0. The number of rotatable bonds is 7. The molecule has 0 unspecified atom stereocenters. The van der Waals surface area contributed by atoms with Gasteiger partial charge in [0.15, 0.2) is 0 Å². The van der Waals surface area contributed by atoms with Gasteiger partial charge in [-0.25, -0.2) is 0 Å². The maximum Gasteiger partial charge on any atom is 0.263 e. The van der Waals surface area contributed by atoms with Gasteiger partial charge in [0.05, 0.1) is 0 Å². The number of likely N-dealkylation sites (N-methyl/N-ethyl adjacent to an activating group) is 1. The molecule has 1 N–H and O–H groups in total. The number of nitrogens with zero attached hydrogens (tertiary/aromatic N) is 2. The van der Waals surface area contributed by atoms with Crippen LogP contribution in [0.2, 0.25) is 0 Å². The highest BCUT2D eigenvalue weighted by molar-refractivity contribution is 5.95. The molecule has 0 radical (unpaired) electrons. The third kappa shape index (κ3) is 4.47. The smallest absolute Gasteiger partial charge is 0.263 e. The molecule has 0 aromatic carbocycles. The van der Waals surface area contributed by atoms with E-state index in [-0.39, 0.29) is 11.5 Å². The summed E-state index contributed by atoms with van der Waals surface area (Å²) in [6.45, 7) is 11.6. The molecular weight excluding hydrogens is 302 g/mol. The molecule has 5 nitrogen and oxygen atoms in total. The molecule has 0 aliphatic carbocycles. The number of pyridine rings is 1. The zero-order chi connectivity index (χ0) is 17.7. The molecule has 1 fully saturated rings. The van der Waals surface area contributed by atoms with Crippen LogP contribution in [-0.4, -0.2) is 41.1 Å². The van der Waals surface area contributed by atoms with Crippen LogP contribution >= 0.6 is 0 Å². The highest BCUT2D eigenvalue weighted by atomic mass is 16.2. The van der Waals surface area contributed by atoms with E-state index in [0.717, 1.165) is 31.5 Å². The summed E-state index contributed by atoms with van der Waals surface area (Å²) < 4.78 is 1.66. The number of likely N-dealkylation sites (tertiary alicyclic amines) is 1. The molecular formula is C19H31N3O2. The molecule has 2 rings (SSSR count). The third-order valence-electron chi connectivity index (χ3n) is 4.95. The van der Waals surface area contributed by atoms with Gasteiger partial charge < -0.3 is 9.88 Å². The van der Waals surface area contributed by atoms with Crippen LogP contribution in [0, 0.1) is 12.8 Å². The molecule has 1 aliphatic rings. The Balaban J connectivity index is 2.08. The minimum Gasteiger partial charge on any atom is -0.350 e. The van der Waals surface area contributed by atoms with E-state index in [1.54, 1.807) is 10.8 Å². The van der Waals surface area contributed by atoms with Gasteiger partial charge in [0.1, 0.15) is 5.56 Å². The number of hydrogen-bond donors (Lipinski definition) is 1. The zero-order valence-corrected chi connectivity index (χ0v) is 15.5. The largest absolute Gasteiger partial charge is 0.350 e. The summed E-state index contributed by atoms with van der Waals surface area (Å²) in [5, 5.41) is 2.99. The number of hydrogen-bond acceptors (Lipinski definition) is 3. The minimum absolute atomic E-state index is 0.174. The fourth-order valence-corrected chi connectivity index (χ4v) is 3.36. The lowest BCUT2D eigenvalue weighted by atomic mass is 10.1. The minimum atomic E-state index is -0.237. The molecule has 0 bridgehead atoms. The third-order valence-corrected chi connectivity index (χ3v) is 4.95. The quantitative estimate of drug-likeness (QED) is 0.834. The molecule has 1 aliphatic heterocycles. The average molecular weight is 333 g/mol. The van der Waals surface area contributed by atoms with Gasteiger partial charge in [0, 0.05) is 25.3 Å². The maximum absolute atomic E-state index is 12.7. The van der Waals surface area contributed by atoms with Gasteiger partial charge in [0.25, 0.3) is 11.5 Å². The normalized spacial score (nSPS) is 18.3. The van der Waals surface area contributed by atoms with E-state index < -0.39 is 0 Å². The summed E-state index contributed by atoms with van der Waals surface area (Å²) in [6.07, 6.45) is 5.02. The summed E-state index contributed by atoms with van der Waals surface area (Å²) in [7, 11) is 0. The fourth-order valence-electron chi connectivity index (χ4n) is 3.36. The fraction of sp³-hybridized carbons (Fsp3) is 0.684. The van der Waals surface area contributed by atoms with Crippen molar-refractivity contribution in [3.63, 3.8) is 0 Å². The molecule has 24 heavy (non-hydrogen) atoms. The van der Waals surface area contributed by atoms with Gasteiger partial charge in [0.2, 0.25) is 0 Å². The highest BCUT2D eigenvalue weighted by Crippen LogP contribution is 2.15. The number of carbonyl (C=O) groups is 1. The average Bonchev–Trinajstić information content (AvgIpc) is 2.99. The van der Waals surface area contributed by atoms with Crippen molar-refractivity contribution in [1.82, 2.24) is 14.8 Å². The van der Waals surface area contributed by atoms with Crippen molar-refractivity contribution in [2.75, 3.05) is 19.6 Å². The van der Waals surface area contributed by atoms with Gasteiger partial charge in [-0.05, 0) is 56.8 Å². The second kappa shape index (κ2) is 8.47. The second-order valence-electron chi connectivity index (χ2n) is 7.19. The number of nitrogens with one attached hydrogen (secondary N) is 1. The van der Waals surface area contributed by atoms with Crippen LogP contribution in [0.3, 0.4) is 0 Å². The Morgan fingerprint density at radius 1 is 1.42 bits per heavy atom. The number of amides is 1. The number of aromatic nitrogens is 1. The Morgan fingerprint density at radius 3 is 2.83 bits per heavy atom. The monoisotopic (exact) mass is 333 g/mol. The predicted molar refractivity (Wildman–Crippen MR) is 97.5 cm³/mol. The Bertz CT molecular complexity index is 622. The Labute approximate surface area is 145 Å². The van der Waals surface area contributed by atoms with E-state index >= 15 is 0 Å².